The number of hydrogen-bond acceptors (Lipinski definition) is 2. The highest BCUT2D eigenvalue weighted by Gasteiger charge is 1.95. The maximum absolute atomic E-state index is 9.03. The van der Waals surface area contributed by atoms with Gasteiger partial charge in [0, 0.05) is 11.3 Å². The van der Waals surface area contributed by atoms with Gasteiger partial charge in [0.15, 0.2) is 0 Å². The molecule has 0 aromatic rings. The molecule has 0 aromatic heterocycles. The predicted molar refractivity (Wildman–Crippen MR) is 41.5 cm³/mol. The molecule has 9 heavy (non-hydrogen) atoms. The second-order valence-corrected chi connectivity index (χ2v) is 2.36. The van der Waals surface area contributed by atoms with Crippen LogP contribution in [0.3, 0.4) is 0 Å². The molecule has 1 aliphatic rings. The molecule has 1 aliphatic carbocycles. The normalized spacial score (nSPS) is 18.3. The molecule has 0 saturated carbocycles. The lowest BCUT2D eigenvalue weighted by Crippen LogP contribution is -1.76. The lowest BCUT2D eigenvalue weighted by Gasteiger charge is -1.93. The molecule has 0 unspecified atom stereocenters. The molecule has 0 aliphatic heterocycles. The van der Waals surface area contributed by atoms with Gasteiger partial charge in [-0.2, -0.15) is 0 Å². The summed E-state index contributed by atoms with van der Waals surface area (Å²) < 4.78 is 0. The van der Waals surface area contributed by atoms with E-state index in [1.807, 2.05) is 12.2 Å². The third-order valence-corrected chi connectivity index (χ3v) is 1.52. The van der Waals surface area contributed by atoms with Gasteiger partial charge in [0.25, 0.3) is 0 Å². The van der Waals surface area contributed by atoms with E-state index >= 15 is 0 Å². The van der Waals surface area contributed by atoms with Gasteiger partial charge < -0.3 is 5.11 Å². The van der Waals surface area contributed by atoms with E-state index < -0.39 is 0 Å². The molecule has 0 amide bonds. The van der Waals surface area contributed by atoms with Gasteiger partial charge in [0.05, 0.1) is 0 Å². The molecule has 48 valence electrons. The first kappa shape index (κ1) is 6.49. The summed E-state index contributed by atoms with van der Waals surface area (Å²) in [6.07, 6.45) is 7.98. The fourth-order valence-corrected chi connectivity index (χ4v) is 0.786. The van der Waals surface area contributed by atoms with Crippen LogP contribution >= 0.6 is 12.6 Å². The van der Waals surface area contributed by atoms with Gasteiger partial charge in [0.1, 0.15) is 5.76 Å². The highest BCUT2D eigenvalue weighted by Crippen LogP contribution is 2.15. The van der Waals surface area contributed by atoms with Gasteiger partial charge >= 0.3 is 0 Å². The minimum absolute atomic E-state index is 0.267. The van der Waals surface area contributed by atoms with Crippen LogP contribution in [-0.2, 0) is 0 Å². The number of aliphatic hydroxyl groups excluding tert-OH is 1. The van der Waals surface area contributed by atoms with E-state index in [0.29, 0.717) is 0 Å². The maximum atomic E-state index is 9.03. The minimum atomic E-state index is 0.267. The van der Waals surface area contributed by atoms with Crippen molar-refractivity contribution in [3.63, 3.8) is 0 Å². The first-order valence-corrected chi connectivity index (χ1v) is 3.19. The second kappa shape index (κ2) is 2.78. The minimum Gasteiger partial charge on any atom is -0.507 e. The summed E-state index contributed by atoms with van der Waals surface area (Å²) in [5.41, 5.74) is 0. The Kier molecular flexibility index (Phi) is 2.01. The Morgan fingerprint density at radius 2 is 2.22 bits per heavy atom. The van der Waals surface area contributed by atoms with Crippen molar-refractivity contribution in [1.82, 2.24) is 0 Å². The summed E-state index contributed by atoms with van der Waals surface area (Å²) in [5.74, 6) is 0.267. The zero-order chi connectivity index (χ0) is 6.69. The zero-order valence-corrected chi connectivity index (χ0v) is 5.81. The third kappa shape index (κ3) is 1.64. The standard InChI is InChI=1S/C7H8OS/c8-6-4-2-1-3-5-7(6)9/h1-4,8-9H,5H2. The van der Waals surface area contributed by atoms with Gasteiger partial charge in [-0.15, -0.1) is 12.6 Å². The molecule has 0 spiro atoms. The van der Waals surface area contributed by atoms with E-state index in [0.717, 1.165) is 11.3 Å². The van der Waals surface area contributed by atoms with Crippen LogP contribution in [0.15, 0.2) is 35.0 Å². The van der Waals surface area contributed by atoms with Crippen LogP contribution in [0.1, 0.15) is 6.42 Å². The molecule has 0 atom stereocenters. The van der Waals surface area contributed by atoms with Crippen molar-refractivity contribution in [2.45, 2.75) is 6.42 Å². The predicted octanol–water partition coefficient (Wildman–Crippen LogP) is 2.20. The summed E-state index contributed by atoms with van der Waals surface area (Å²) in [6.45, 7) is 0. The molecule has 0 bridgehead atoms. The van der Waals surface area contributed by atoms with Crippen molar-refractivity contribution in [1.29, 1.82) is 0 Å². The molecule has 0 saturated heterocycles. The quantitative estimate of drug-likeness (QED) is 0.494. The van der Waals surface area contributed by atoms with E-state index in [-0.39, 0.29) is 5.76 Å². The smallest absolute Gasteiger partial charge is 0.125 e. The average Bonchev–Trinajstić information content (AvgIpc) is 1.99. The Labute approximate surface area is 59.8 Å². The number of aliphatic hydroxyl groups is 1. The molecule has 1 nitrogen and oxygen atoms in total. The average molecular weight is 140 g/mol. The van der Waals surface area contributed by atoms with Gasteiger partial charge in [-0.25, -0.2) is 0 Å². The van der Waals surface area contributed by atoms with Gasteiger partial charge in [-0.05, 0) is 6.08 Å². The van der Waals surface area contributed by atoms with E-state index in [9.17, 15) is 0 Å². The molecule has 1 N–H and O–H groups in total. The first-order chi connectivity index (χ1) is 4.30. The van der Waals surface area contributed by atoms with Gasteiger partial charge in [-0.3, -0.25) is 0 Å². The summed E-state index contributed by atoms with van der Waals surface area (Å²) in [5, 5.41) is 9.03. The lowest BCUT2D eigenvalue weighted by molar-refractivity contribution is 0.429. The zero-order valence-electron chi connectivity index (χ0n) is 4.91. The molecule has 0 aromatic carbocycles. The van der Waals surface area contributed by atoms with Crippen LogP contribution in [-0.4, -0.2) is 5.11 Å². The number of rotatable bonds is 0. The van der Waals surface area contributed by atoms with Crippen molar-refractivity contribution >= 4 is 12.6 Å². The Balaban J connectivity index is 2.85. The Hall–Kier alpha value is -0.630. The summed E-state index contributed by atoms with van der Waals surface area (Å²) >= 11 is 4.05. The van der Waals surface area contributed by atoms with Gasteiger partial charge in [0.2, 0.25) is 0 Å². The summed E-state index contributed by atoms with van der Waals surface area (Å²) in [6, 6.07) is 0. The molecule has 0 radical (unpaired) electrons. The number of allylic oxidation sites excluding steroid dienone is 5. The van der Waals surface area contributed by atoms with Crippen molar-refractivity contribution in [3.8, 4) is 0 Å². The molecule has 1 rings (SSSR count). The highest BCUT2D eigenvalue weighted by molar-refractivity contribution is 7.84. The topological polar surface area (TPSA) is 20.2 Å². The Morgan fingerprint density at radius 3 is 3.00 bits per heavy atom. The van der Waals surface area contributed by atoms with Crippen molar-refractivity contribution in [2.75, 3.05) is 0 Å². The molecular weight excluding hydrogens is 132 g/mol. The molecular formula is C7H8OS. The lowest BCUT2D eigenvalue weighted by atomic mass is 10.3. The van der Waals surface area contributed by atoms with Crippen molar-refractivity contribution in [3.05, 3.63) is 35.0 Å². The van der Waals surface area contributed by atoms with Crippen LogP contribution in [0.4, 0.5) is 0 Å². The second-order valence-electron chi connectivity index (χ2n) is 1.82. The fraction of sp³-hybridized carbons (Fsp3) is 0.143. The van der Waals surface area contributed by atoms with Crippen LogP contribution in [0.5, 0.6) is 0 Å². The van der Waals surface area contributed by atoms with Crippen molar-refractivity contribution < 1.29 is 5.11 Å². The van der Waals surface area contributed by atoms with E-state index in [1.54, 1.807) is 12.2 Å². The van der Waals surface area contributed by atoms with E-state index in [4.69, 9.17) is 5.11 Å². The van der Waals surface area contributed by atoms with Crippen LogP contribution < -0.4 is 0 Å². The Morgan fingerprint density at radius 1 is 1.44 bits per heavy atom. The molecule has 2 heteroatoms. The SMILES string of the molecule is OC1=C(S)CC=CC=C1. The van der Waals surface area contributed by atoms with E-state index in [1.165, 1.54) is 0 Å². The van der Waals surface area contributed by atoms with E-state index in [2.05, 4.69) is 12.6 Å². The maximum Gasteiger partial charge on any atom is 0.125 e. The molecule has 0 fully saturated rings. The largest absolute Gasteiger partial charge is 0.507 e. The third-order valence-electron chi connectivity index (χ3n) is 1.11. The van der Waals surface area contributed by atoms with Crippen LogP contribution in [0.2, 0.25) is 0 Å². The number of thiol groups is 1. The van der Waals surface area contributed by atoms with Crippen molar-refractivity contribution in [2.24, 2.45) is 0 Å². The van der Waals surface area contributed by atoms with Crippen LogP contribution in [0, 0.1) is 0 Å². The van der Waals surface area contributed by atoms with Crippen LogP contribution in [0.25, 0.3) is 0 Å². The summed E-state index contributed by atoms with van der Waals surface area (Å²) in [4.78, 5) is 0.722. The monoisotopic (exact) mass is 140 g/mol. The number of hydrogen-bond donors (Lipinski definition) is 2. The van der Waals surface area contributed by atoms with Gasteiger partial charge in [-0.1, -0.05) is 18.2 Å². The molecule has 0 heterocycles. The Bertz CT molecular complexity index is 189. The first-order valence-electron chi connectivity index (χ1n) is 2.75. The highest BCUT2D eigenvalue weighted by atomic mass is 32.1. The fourth-order valence-electron chi connectivity index (χ4n) is 0.606. The summed E-state index contributed by atoms with van der Waals surface area (Å²) in [7, 11) is 0.